The van der Waals surface area contributed by atoms with Crippen molar-refractivity contribution in [3.05, 3.63) is 29.3 Å². The van der Waals surface area contributed by atoms with E-state index in [1.807, 2.05) is 6.07 Å². The highest BCUT2D eigenvalue weighted by atomic mass is 16.3. The van der Waals surface area contributed by atoms with E-state index < -0.39 is 11.0 Å². The van der Waals surface area contributed by atoms with Crippen LogP contribution in [0.2, 0.25) is 0 Å². The number of carbonyl (C=O) groups is 1. The molecule has 2 aliphatic carbocycles. The standard InChI is InChI=1S/C17H21NO3/c1-18-7-6-16-10-13(20)4-5-17(16,21)15(18)8-11-2-3-12(19)9-14(11)16/h2-3,9,15,19,21H,4-8,10H2,1H3/t15?,16?,17-/m1/s1. The summed E-state index contributed by atoms with van der Waals surface area (Å²) < 4.78 is 0. The largest absolute Gasteiger partial charge is 0.508 e. The Labute approximate surface area is 124 Å². The van der Waals surface area contributed by atoms with Crippen molar-refractivity contribution in [2.24, 2.45) is 0 Å². The second-order valence-corrected chi connectivity index (χ2v) is 7.01. The number of Topliss-reactive ketones (excluding diaryl/α,β-unsaturated/α-hetero) is 1. The molecule has 4 heteroatoms. The molecule has 1 heterocycles. The first-order valence-corrected chi connectivity index (χ1v) is 7.73. The third-order valence-corrected chi connectivity index (χ3v) is 6.11. The number of piperidine rings is 1. The van der Waals surface area contributed by atoms with Crippen molar-refractivity contribution in [3.8, 4) is 5.75 Å². The molecule has 0 amide bonds. The zero-order chi connectivity index (χ0) is 14.8. The number of aromatic hydroxyl groups is 1. The summed E-state index contributed by atoms with van der Waals surface area (Å²) in [7, 11) is 2.06. The summed E-state index contributed by atoms with van der Waals surface area (Å²) in [6.45, 7) is 0.884. The molecule has 1 saturated carbocycles. The van der Waals surface area contributed by atoms with Crippen LogP contribution in [0.5, 0.6) is 5.75 Å². The minimum Gasteiger partial charge on any atom is -0.508 e. The maximum atomic E-state index is 12.1. The van der Waals surface area contributed by atoms with E-state index in [1.165, 1.54) is 5.56 Å². The van der Waals surface area contributed by atoms with E-state index in [4.69, 9.17) is 0 Å². The van der Waals surface area contributed by atoms with E-state index in [2.05, 4.69) is 11.9 Å². The first-order valence-electron chi connectivity index (χ1n) is 7.73. The van der Waals surface area contributed by atoms with Gasteiger partial charge in [0.2, 0.25) is 0 Å². The fraction of sp³-hybridized carbons (Fsp3) is 0.588. The van der Waals surface area contributed by atoms with E-state index >= 15 is 0 Å². The zero-order valence-electron chi connectivity index (χ0n) is 12.3. The summed E-state index contributed by atoms with van der Waals surface area (Å²) >= 11 is 0. The Kier molecular flexibility index (Phi) is 2.58. The second-order valence-electron chi connectivity index (χ2n) is 7.01. The Morgan fingerprint density at radius 2 is 2.14 bits per heavy atom. The van der Waals surface area contributed by atoms with Gasteiger partial charge in [-0.3, -0.25) is 4.79 Å². The lowest BCUT2D eigenvalue weighted by atomic mass is 9.49. The van der Waals surface area contributed by atoms with Crippen LogP contribution in [0.1, 0.15) is 36.8 Å². The minimum absolute atomic E-state index is 0.0661. The van der Waals surface area contributed by atoms with Crippen molar-refractivity contribution in [2.45, 2.75) is 49.2 Å². The Hall–Kier alpha value is -1.39. The van der Waals surface area contributed by atoms with Gasteiger partial charge in [0.05, 0.1) is 5.60 Å². The van der Waals surface area contributed by atoms with Crippen molar-refractivity contribution in [2.75, 3.05) is 13.6 Å². The normalized spacial score (nSPS) is 38.8. The van der Waals surface area contributed by atoms with Crippen LogP contribution in [0.4, 0.5) is 0 Å². The number of likely N-dealkylation sites (N-methyl/N-ethyl adjacent to an activating group) is 1. The van der Waals surface area contributed by atoms with Gasteiger partial charge in [-0.25, -0.2) is 0 Å². The number of hydrogen-bond acceptors (Lipinski definition) is 4. The van der Waals surface area contributed by atoms with Crippen LogP contribution < -0.4 is 0 Å². The van der Waals surface area contributed by atoms with E-state index in [1.54, 1.807) is 12.1 Å². The quantitative estimate of drug-likeness (QED) is 0.757. The van der Waals surface area contributed by atoms with Crippen LogP contribution in [0, 0.1) is 0 Å². The number of nitrogens with zero attached hydrogens (tertiary/aromatic N) is 1. The molecule has 0 spiro atoms. The highest BCUT2D eigenvalue weighted by Crippen LogP contribution is 2.57. The van der Waals surface area contributed by atoms with Gasteiger partial charge in [0.15, 0.2) is 0 Å². The third-order valence-electron chi connectivity index (χ3n) is 6.11. The number of likely N-dealkylation sites (tertiary alicyclic amines) is 1. The average molecular weight is 287 g/mol. The molecule has 1 saturated heterocycles. The Morgan fingerprint density at radius 3 is 2.95 bits per heavy atom. The van der Waals surface area contributed by atoms with Gasteiger partial charge in [0, 0.05) is 24.3 Å². The second kappa shape index (κ2) is 4.08. The number of aliphatic hydroxyl groups is 1. The molecule has 1 aromatic carbocycles. The molecule has 3 atom stereocenters. The smallest absolute Gasteiger partial charge is 0.134 e. The lowest BCUT2D eigenvalue weighted by Crippen LogP contribution is -2.72. The van der Waals surface area contributed by atoms with Gasteiger partial charge in [-0.15, -0.1) is 0 Å². The number of phenolic OH excluding ortho intramolecular Hbond substituents is 1. The van der Waals surface area contributed by atoms with Crippen LogP contribution in [0.3, 0.4) is 0 Å². The molecule has 3 aliphatic rings. The molecule has 2 unspecified atom stereocenters. The fourth-order valence-electron chi connectivity index (χ4n) is 5.01. The monoisotopic (exact) mass is 287 g/mol. The van der Waals surface area contributed by atoms with Gasteiger partial charge in [-0.2, -0.15) is 0 Å². The Bertz CT molecular complexity index is 628. The maximum absolute atomic E-state index is 12.1. The average Bonchev–Trinajstić information content (AvgIpc) is 2.45. The molecule has 0 radical (unpaired) electrons. The van der Waals surface area contributed by atoms with E-state index in [-0.39, 0.29) is 17.6 Å². The molecule has 2 bridgehead atoms. The Morgan fingerprint density at radius 1 is 1.33 bits per heavy atom. The van der Waals surface area contributed by atoms with Crippen molar-refractivity contribution in [1.82, 2.24) is 4.90 Å². The lowest BCUT2D eigenvalue weighted by molar-refractivity contribution is -0.168. The van der Waals surface area contributed by atoms with Crippen LogP contribution in [-0.2, 0) is 16.6 Å². The van der Waals surface area contributed by atoms with Crippen LogP contribution >= 0.6 is 0 Å². The van der Waals surface area contributed by atoms with E-state index in [0.29, 0.717) is 19.3 Å². The number of carbonyl (C=O) groups excluding carboxylic acids is 1. The predicted octanol–water partition coefficient (Wildman–Crippen LogP) is 1.37. The molecule has 4 nitrogen and oxygen atoms in total. The van der Waals surface area contributed by atoms with Gasteiger partial charge in [0.1, 0.15) is 11.5 Å². The van der Waals surface area contributed by atoms with Gasteiger partial charge < -0.3 is 15.1 Å². The van der Waals surface area contributed by atoms with Crippen LogP contribution in [0.15, 0.2) is 18.2 Å². The first-order chi connectivity index (χ1) is 9.96. The minimum atomic E-state index is -0.852. The molecule has 112 valence electrons. The first kappa shape index (κ1) is 13.3. The number of hydrogen-bond donors (Lipinski definition) is 2. The van der Waals surface area contributed by atoms with Crippen molar-refractivity contribution in [1.29, 1.82) is 0 Å². The summed E-state index contributed by atoms with van der Waals surface area (Å²) in [6.07, 6.45) is 2.98. The highest BCUT2D eigenvalue weighted by molar-refractivity contribution is 5.82. The summed E-state index contributed by atoms with van der Waals surface area (Å²) in [6, 6.07) is 5.51. The third kappa shape index (κ3) is 1.55. The molecule has 2 fully saturated rings. The van der Waals surface area contributed by atoms with E-state index in [0.717, 1.165) is 24.9 Å². The van der Waals surface area contributed by atoms with Crippen molar-refractivity contribution in [3.63, 3.8) is 0 Å². The topological polar surface area (TPSA) is 60.8 Å². The van der Waals surface area contributed by atoms with Crippen molar-refractivity contribution < 1.29 is 15.0 Å². The maximum Gasteiger partial charge on any atom is 0.134 e. The fourth-order valence-corrected chi connectivity index (χ4v) is 5.01. The number of rotatable bonds is 0. The molecule has 2 N–H and O–H groups in total. The molecule has 1 aromatic rings. The zero-order valence-corrected chi connectivity index (χ0v) is 12.3. The van der Waals surface area contributed by atoms with Crippen LogP contribution in [0.25, 0.3) is 0 Å². The molecular formula is C17H21NO3. The highest BCUT2D eigenvalue weighted by Gasteiger charge is 2.64. The van der Waals surface area contributed by atoms with E-state index in [9.17, 15) is 15.0 Å². The number of benzene rings is 1. The molecular weight excluding hydrogens is 266 g/mol. The number of fused-ring (bicyclic) bond motifs is 1. The Balaban J connectivity index is 1.98. The number of ketones is 1. The van der Waals surface area contributed by atoms with Gasteiger partial charge in [0.25, 0.3) is 0 Å². The molecule has 1 aliphatic heterocycles. The molecule has 0 aromatic heterocycles. The predicted molar refractivity (Wildman–Crippen MR) is 78.3 cm³/mol. The van der Waals surface area contributed by atoms with Crippen molar-refractivity contribution >= 4 is 5.78 Å². The summed E-state index contributed by atoms with van der Waals surface area (Å²) in [5, 5.41) is 21.4. The molecule has 4 rings (SSSR count). The summed E-state index contributed by atoms with van der Waals surface area (Å²) in [5.41, 5.74) is 0.812. The van der Waals surface area contributed by atoms with Gasteiger partial charge in [-0.05, 0) is 56.1 Å². The van der Waals surface area contributed by atoms with Gasteiger partial charge in [-0.1, -0.05) is 6.07 Å². The van der Waals surface area contributed by atoms with Gasteiger partial charge >= 0.3 is 0 Å². The molecule has 21 heavy (non-hydrogen) atoms. The SMILES string of the molecule is CN1CCC23CC(=O)CC[C@@]2(O)C1Cc1ccc(O)cc13. The number of phenols is 1. The lowest BCUT2D eigenvalue weighted by Gasteiger charge is -2.62. The summed E-state index contributed by atoms with van der Waals surface area (Å²) in [4.78, 5) is 14.4. The summed E-state index contributed by atoms with van der Waals surface area (Å²) in [5.74, 6) is 0.458. The van der Waals surface area contributed by atoms with Crippen LogP contribution in [-0.4, -0.2) is 46.1 Å².